The van der Waals surface area contributed by atoms with Crippen LogP contribution in [0.25, 0.3) is 0 Å². The molecule has 0 saturated carbocycles. The van der Waals surface area contributed by atoms with Crippen LogP contribution in [0.3, 0.4) is 0 Å². The van der Waals surface area contributed by atoms with Crippen LogP contribution in [0, 0.1) is 0 Å². The Bertz CT molecular complexity index is 606. The monoisotopic (exact) mass is 367 g/mol. The van der Waals surface area contributed by atoms with Crippen molar-refractivity contribution in [1.82, 2.24) is 4.31 Å². The summed E-state index contributed by atoms with van der Waals surface area (Å²) < 4.78 is 26.4. The lowest BCUT2D eigenvalue weighted by Gasteiger charge is -2.20. The van der Waals surface area contributed by atoms with Gasteiger partial charge in [0.2, 0.25) is 10.0 Å². The summed E-state index contributed by atoms with van der Waals surface area (Å²) in [5.74, 6) is -1.14. The Kier molecular flexibility index (Phi) is 5.31. The van der Waals surface area contributed by atoms with Crippen LogP contribution < -0.4 is 0 Å². The van der Waals surface area contributed by atoms with Gasteiger partial charge in [0.1, 0.15) is 9.77 Å². The van der Waals surface area contributed by atoms with Crippen molar-refractivity contribution in [1.29, 1.82) is 0 Å². The number of hydrogen-bond donors (Lipinski definition) is 1. The van der Waals surface area contributed by atoms with E-state index in [1.54, 1.807) is 13.8 Å². The fourth-order valence-corrected chi connectivity index (χ4v) is 5.30. The summed E-state index contributed by atoms with van der Waals surface area (Å²) in [6.07, 6.45) is 0. The van der Waals surface area contributed by atoms with Gasteiger partial charge in [-0.3, -0.25) is 0 Å². The Morgan fingerprint density at radius 1 is 1.58 bits per heavy atom. The highest BCUT2D eigenvalue weighted by Gasteiger charge is 2.28. The molecule has 0 aliphatic rings. The number of likely N-dealkylation sites (N-methyl/N-ethyl adjacent to an activating group) is 1. The minimum Gasteiger partial charge on any atom is -0.477 e. The van der Waals surface area contributed by atoms with Crippen molar-refractivity contribution in [3.05, 3.63) is 26.9 Å². The molecular weight excluding hydrogens is 354 g/mol. The van der Waals surface area contributed by atoms with E-state index in [2.05, 4.69) is 22.5 Å². The number of sulfonamides is 1. The third-order valence-corrected chi connectivity index (χ3v) is 6.44. The van der Waals surface area contributed by atoms with Crippen molar-refractivity contribution in [3.63, 3.8) is 0 Å². The Balaban J connectivity index is 3.25. The van der Waals surface area contributed by atoms with Crippen molar-refractivity contribution in [2.45, 2.75) is 18.7 Å². The van der Waals surface area contributed by atoms with Gasteiger partial charge in [0.05, 0.1) is 3.79 Å². The number of thiophene rings is 1. The second-order valence-corrected chi connectivity index (χ2v) is 8.22. The van der Waals surface area contributed by atoms with Crippen LogP contribution in [0.15, 0.2) is 26.9 Å². The number of carbonyl (C=O) groups is 1. The summed E-state index contributed by atoms with van der Waals surface area (Å²) in [6.45, 7) is 7.66. The predicted molar refractivity (Wildman–Crippen MR) is 78.2 cm³/mol. The molecule has 1 aromatic heterocycles. The molecule has 1 rings (SSSR count). The molecule has 0 spiro atoms. The van der Waals surface area contributed by atoms with Crippen molar-refractivity contribution < 1.29 is 18.3 Å². The van der Waals surface area contributed by atoms with Gasteiger partial charge >= 0.3 is 5.97 Å². The van der Waals surface area contributed by atoms with E-state index in [9.17, 15) is 13.2 Å². The molecule has 0 aromatic carbocycles. The van der Waals surface area contributed by atoms with Gasteiger partial charge in [-0.25, -0.2) is 13.2 Å². The lowest BCUT2D eigenvalue weighted by Crippen LogP contribution is -2.32. The minimum atomic E-state index is -3.72. The van der Waals surface area contributed by atoms with Crippen LogP contribution in [0.2, 0.25) is 0 Å². The zero-order valence-corrected chi connectivity index (χ0v) is 13.7. The van der Waals surface area contributed by atoms with Crippen LogP contribution in [0.5, 0.6) is 0 Å². The minimum absolute atomic E-state index is 0.0157. The fraction of sp³-hybridized carbons (Fsp3) is 0.364. The molecule has 0 aliphatic carbocycles. The lowest BCUT2D eigenvalue weighted by molar-refractivity contribution is 0.0702. The Morgan fingerprint density at radius 3 is 2.53 bits per heavy atom. The highest BCUT2D eigenvalue weighted by Crippen LogP contribution is 2.33. The zero-order valence-electron chi connectivity index (χ0n) is 10.5. The molecule has 8 heteroatoms. The van der Waals surface area contributed by atoms with Gasteiger partial charge in [0.25, 0.3) is 0 Å². The lowest BCUT2D eigenvalue weighted by atomic mass is 10.3. The van der Waals surface area contributed by atoms with Gasteiger partial charge in [0, 0.05) is 13.1 Å². The van der Waals surface area contributed by atoms with E-state index < -0.39 is 16.0 Å². The maximum atomic E-state index is 12.4. The number of halogens is 1. The second-order valence-electron chi connectivity index (χ2n) is 3.94. The van der Waals surface area contributed by atoms with Gasteiger partial charge < -0.3 is 5.11 Å². The Hall–Kier alpha value is -0.700. The molecule has 1 N–H and O–H groups in total. The number of aromatic carboxylic acids is 1. The Labute approximate surface area is 124 Å². The maximum absolute atomic E-state index is 12.4. The third kappa shape index (κ3) is 3.65. The number of carboxylic acid groups (broad SMARTS) is 1. The average Bonchev–Trinajstić information content (AvgIpc) is 2.68. The molecule has 106 valence electrons. The molecule has 0 radical (unpaired) electrons. The number of nitrogens with zero attached hydrogens (tertiary/aromatic N) is 1. The third-order valence-electron chi connectivity index (χ3n) is 2.28. The Morgan fingerprint density at radius 2 is 2.16 bits per heavy atom. The molecule has 0 unspecified atom stereocenters. The quantitative estimate of drug-likeness (QED) is 0.784. The summed E-state index contributed by atoms with van der Waals surface area (Å²) in [5.41, 5.74) is 0.718. The van der Waals surface area contributed by atoms with Crippen LogP contribution >= 0.6 is 27.3 Å². The molecule has 0 amide bonds. The second kappa shape index (κ2) is 6.17. The van der Waals surface area contributed by atoms with Crippen LogP contribution in [0.4, 0.5) is 0 Å². The number of hydrogen-bond acceptors (Lipinski definition) is 4. The summed E-state index contributed by atoms with van der Waals surface area (Å²) in [7, 11) is -3.72. The van der Waals surface area contributed by atoms with E-state index in [1.165, 1.54) is 10.4 Å². The molecule has 0 atom stereocenters. The molecule has 1 heterocycles. The summed E-state index contributed by atoms with van der Waals surface area (Å²) in [4.78, 5) is 10.8. The smallest absolute Gasteiger partial charge is 0.345 e. The molecule has 5 nitrogen and oxygen atoms in total. The van der Waals surface area contributed by atoms with Crippen molar-refractivity contribution in [2.75, 3.05) is 13.1 Å². The van der Waals surface area contributed by atoms with E-state index in [0.29, 0.717) is 10.3 Å². The van der Waals surface area contributed by atoms with Gasteiger partial charge in [-0.05, 0) is 28.9 Å². The topological polar surface area (TPSA) is 74.7 Å². The molecule has 0 saturated heterocycles. The van der Waals surface area contributed by atoms with Crippen molar-refractivity contribution >= 4 is 43.3 Å². The summed E-state index contributed by atoms with van der Waals surface area (Å²) in [6, 6.07) is 1.17. The largest absolute Gasteiger partial charge is 0.477 e. The molecule has 0 bridgehead atoms. The predicted octanol–water partition coefficient (Wildman–Crippen LogP) is 2.80. The first-order valence-electron chi connectivity index (χ1n) is 5.37. The molecule has 19 heavy (non-hydrogen) atoms. The van der Waals surface area contributed by atoms with Gasteiger partial charge in [0.15, 0.2) is 0 Å². The normalized spacial score (nSPS) is 11.8. The van der Waals surface area contributed by atoms with Gasteiger partial charge in [-0.15, -0.1) is 11.3 Å². The average molecular weight is 368 g/mol. The van der Waals surface area contributed by atoms with E-state index in [1.807, 2.05) is 0 Å². The van der Waals surface area contributed by atoms with Crippen molar-refractivity contribution in [3.8, 4) is 0 Å². The molecular formula is C11H14BrNO4S2. The van der Waals surface area contributed by atoms with E-state index >= 15 is 0 Å². The highest BCUT2D eigenvalue weighted by atomic mass is 79.9. The van der Waals surface area contributed by atoms with E-state index in [0.717, 1.165) is 16.9 Å². The van der Waals surface area contributed by atoms with Gasteiger partial charge in [-0.2, -0.15) is 4.31 Å². The number of carboxylic acids is 1. The van der Waals surface area contributed by atoms with Gasteiger partial charge in [-0.1, -0.05) is 19.1 Å². The molecule has 0 fully saturated rings. The van der Waals surface area contributed by atoms with E-state index in [4.69, 9.17) is 5.11 Å². The standard InChI is InChI=1S/C11H14BrNO4S2/c1-4-13(6-7(2)3)19(16,17)9-5-8(11(14)15)18-10(9)12/h5H,2,4,6H2,1,3H3,(H,14,15). The maximum Gasteiger partial charge on any atom is 0.345 e. The fourth-order valence-electron chi connectivity index (χ4n) is 1.44. The van der Waals surface area contributed by atoms with Crippen LogP contribution in [-0.2, 0) is 10.0 Å². The molecule has 1 aromatic rings. The first kappa shape index (κ1) is 16.4. The first-order valence-corrected chi connectivity index (χ1v) is 8.42. The highest BCUT2D eigenvalue weighted by molar-refractivity contribution is 9.11. The number of rotatable bonds is 6. The zero-order chi connectivity index (χ0) is 14.8. The summed E-state index contributed by atoms with van der Waals surface area (Å²) in [5, 5.41) is 8.90. The molecule has 0 aliphatic heterocycles. The van der Waals surface area contributed by atoms with Crippen LogP contribution in [-0.4, -0.2) is 36.9 Å². The SMILES string of the molecule is C=C(C)CN(CC)S(=O)(=O)c1cc(C(=O)O)sc1Br. The summed E-state index contributed by atoms with van der Waals surface area (Å²) >= 11 is 4.00. The van der Waals surface area contributed by atoms with Crippen LogP contribution in [0.1, 0.15) is 23.5 Å². The van der Waals surface area contributed by atoms with Crippen molar-refractivity contribution in [2.24, 2.45) is 0 Å². The first-order chi connectivity index (χ1) is 8.70. The van der Waals surface area contributed by atoms with E-state index in [-0.39, 0.29) is 16.3 Å².